The zero-order chi connectivity index (χ0) is 13.5. The third-order valence-electron chi connectivity index (χ3n) is 2.64. The molecule has 2 rings (SSSR count). The van der Waals surface area contributed by atoms with Crippen LogP contribution in [-0.4, -0.2) is 13.2 Å². The number of nitrogens with zero attached hydrogens (tertiary/aromatic N) is 1. The number of hydrogen-bond acceptors (Lipinski definition) is 3. The van der Waals surface area contributed by atoms with E-state index in [1.165, 1.54) is 5.56 Å². The van der Waals surface area contributed by atoms with Crippen molar-refractivity contribution in [2.75, 3.05) is 13.2 Å². The monoisotopic (exact) mass is 253 g/mol. The van der Waals surface area contributed by atoms with Crippen molar-refractivity contribution in [1.29, 1.82) is 5.26 Å². The fourth-order valence-corrected chi connectivity index (χ4v) is 1.63. The van der Waals surface area contributed by atoms with Crippen molar-refractivity contribution in [3.63, 3.8) is 0 Å². The van der Waals surface area contributed by atoms with Crippen LogP contribution in [0.3, 0.4) is 0 Å². The molecule has 19 heavy (non-hydrogen) atoms. The molecule has 96 valence electrons. The molecule has 0 N–H and O–H groups in total. The first kappa shape index (κ1) is 13.0. The summed E-state index contributed by atoms with van der Waals surface area (Å²) < 4.78 is 11.1. The average Bonchev–Trinajstić information content (AvgIpc) is 2.46. The summed E-state index contributed by atoms with van der Waals surface area (Å²) in [5.41, 5.74) is 1.74. The highest BCUT2D eigenvalue weighted by molar-refractivity contribution is 5.42. The van der Waals surface area contributed by atoms with E-state index < -0.39 is 0 Å². The zero-order valence-electron chi connectivity index (χ0n) is 10.8. The lowest BCUT2D eigenvalue weighted by atomic mass is 10.2. The van der Waals surface area contributed by atoms with Crippen molar-refractivity contribution in [3.8, 4) is 17.6 Å². The van der Waals surface area contributed by atoms with Crippen LogP contribution in [-0.2, 0) is 0 Å². The molecule has 2 aromatic rings. The molecule has 2 aromatic carbocycles. The maximum Gasteiger partial charge on any atom is 0.137 e. The Hall–Kier alpha value is -2.47. The molecule has 0 aliphatic rings. The summed E-state index contributed by atoms with van der Waals surface area (Å²) in [7, 11) is 0. The minimum atomic E-state index is 0.409. The highest BCUT2D eigenvalue weighted by Crippen LogP contribution is 2.16. The first-order chi connectivity index (χ1) is 9.29. The van der Waals surface area contributed by atoms with Crippen molar-refractivity contribution < 1.29 is 9.47 Å². The van der Waals surface area contributed by atoms with Gasteiger partial charge in [0, 0.05) is 0 Å². The molecule has 0 aliphatic heterocycles. The highest BCUT2D eigenvalue weighted by Gasteiger charge is 2.01. The van der Waals surface area contributed by atoms with Crippen molar-refractivity contribution in [3.05, 3.63) is 59.7 Å². The third-order valence-corrected chi connectivity index (χ3v) is 2.64. The molecule has 0 aliphatic carbocycles. The lowest BCUT2D eigenvalue weighted by Gasteiger charge is -2.09. The Kier molecular flexibility index (Phi) is 4.41. The van der Waals surface area contributed by atoms with E-state index >= 15 is 0 Å². The number of para-hydroxylation sites is 1. The van der Waals surface area contributed by atoms with Crippen LogP contribution >= 0.6 is 0 Å². The van der Waals surface area contributed by atoms with Gasteiger partial charge in [0.1, 0.15) is 30.8 Å². The molecule has 0 radical (unpaired) electrons. The van der Waals surface area contributed by atoms with Crippen LogP contribution in [0.4, 0.5) is 0 Å². The quantitative estimate of drug-likeness (QED) is 0.767. The van der Waals surface area contributed by atoms with Crippen LogP contribution in [0.25, 0.3) is 0 Å². The van der Waals surface area contributed by atoms with Crippen LogP contribution < -0.4 is 9.47 Å². The minimum Gasteiger partial charge on any atom is -0.490 e. The fraction of sp³-hybridized carbons (Fsp3) is 0.188. The molecule has 0 spiro atoms. The molecule has 3 nitrogen and oxygen atoms in total. The maximum absolute atomic E-state index is 8.92. The van der Waals surface area contributed by atoms with Gasteiger partial charge in [0.15, 0.2) is 0 Å². The number of rotatable bonds is 5. The lowest BCUT2D eigenvalue weighted by molar-refractivity contribution is 0.217. The van der Waals surface area contributed by atoms with Gasteiger partial charge in [-0.3, -0.25) is 0 Å². The van der Waals surface area contributed by atoms with Gasteiger partial charge < -0.3 is 9.47 Å². The number of ether oxygens (including phenoxy) is 2. The third kappa shape index (κ3) is 3.75. The van der Waals surface area contributed by atoms with Gasteiger partial charge in [0.05, 0.1) is 5.56 Å². The highest BCUT2D eigenvalue weighted by atomic mass is 16.5. The second kappa shape index (κ2) is 6.46. The Bertz CT molecular complexity index is 570. The molecule has 0 amide bonds. The van der Waals surface area contributed by atoms with Crippen molar-refractivity contribution in [2.24, 2.45) is 0 Å². The zero-order valence-corrected chi connectivity index (χ0v) is 10.8. The number of benzene rings is 2. The minimum absolute atomic E-state index is 0.409. The van der Waals surface area contributed by atoms with Gasteiger partial charge in [-0.1, -0.05) is 29.8 Å². The Morgan fingerprint density at radius 2 is 1.63 bits per heavy atom. The van der Waals surface area contributed by atoms with Gasteiger partial charge in [-0.05, 0) is 31.2 Å². The van der Waals surface area contributed by atoms with Crippen LogP contribution in [0, 0.1) is 18.3 Å². The summed E-state index contributed by atoms with van der Waals surface area (Å²) in [6.07, 6.45) is 0. The van der Waals surface area contributed by atoms with E-state index in [-0.39, 0.29) is 0 Å². The molecule has 0 bridgehead atoms. The smallest absolute Gasteiger partial charge is 0.137 e. The summed E-state index contributed by atoms with van der Waals surface area (Å²) in [6.45, 7) is 2.89. The van der Waals surface area contributed by atoms with Gasteiger partial charge in [-0.2, -0.15) is 5.26 Å². The molecular formula is C16H15NO2. The molecule has 0 atom stereocenters. The second-order valence-corrected chi connectivity index (χ2v) is 4.12. The first-order valence-electron chi connectivity index (χ1n) is 6.11. The molecule has 0 aromatic heterocycles. The number of hydrogen-bond donors (Lipinski definition) is 0. The topological polar surface area (TPSA) is 42.2 Å². The normalized spacial score (nSPS) is 9.68. The van der Waals surface area contributed by atoms with Gasteiger partial charge in [-0.25, -0.2) is 0 Å². The first-order valence-corrected chi connectivity index (χ1v) is 6.11. The van der Waals surface area contributed by atoms with E-state index in [1.807, 2.05) is 43.3 Å². The van der Waals surface area contributed by atoms with Crippen LogP contribution in [0.15, 0.2) is 48.5 Å². The molecular weight excluding hydrogens is 238 g/mol. The number of nitriles is 1. The molecule has 0 fully saturated rings. The fourth-order valence-electron chi connectivity index (χ4n) is 1.63. The summed E-state index contributed by atoms with van der Waals surface area (Å²) in [5, 5.41) is 8.92. The Morgan fingerprint density at radius 1 is 0.947 bits per heavy atom. The predicted molar refractivity (Wildman–Crippen MR) is 73.3 cm³/mol. The van der Waals surface area contributed by atoms with Gasteiger partial charge in [0.25, 0.3) is 0 Å². The summed E-state index contributed by atoms with van der Waals surface area (Å²) >= 11 is 0. The Labute approximate surface area is 113 Å². The van der Waals surface area contributed by atoms with Crippen LogP contribution in [0.2, 0.25) is 0 Å². The predicted octanol–water partition coefficient (Wildman–Crippen LogP) is 3.32. The van der Waals surface area contributed by atoms with E-state index in [4.69, 9.17) is 14.7 Å². The molecule has 0 heterocycles. The van der Waals surface area contributed by atoms with E-state index in [1.54, 1.807) is 12.1 Å². The van der Waals surface area contributed by atoms with E-state index in [9.17, 15) is 0 Å². The Morgan fingerprint density at radius 3 is 2.37 bits per heavy atom. The van der Waals surface area contributed by atoms with Crippen LogP contribution in [0.1, 0.15) is 11.1 Å². The molecule has 0 saturated carbocycles. The second-order valence-electron chi connectivity index (χ2n) is 4.12. The summed E-state index contributed by atoms with van der Waals surface area (Å²) in [6, 6.07) is 17.1. The van der Waals surface area contributed by atoms with Crippen molar-refractivity contribution in [1.82, 2.24) is 0 Å². The average molecular weight is 253 g/mol. The largest absolute Gasteiger partial charge is 0.490 e. The molecule has 0 saturated heterocycles. The van der Waals surface area contributed by atoms with Crippen molar-refractivity contribution >= 4 is 0 Å². The lowest BCUT2D eigenvalue weighted by Crippen LogP contribution is -2.09. The van der Waals surface area contributed by atoms with Crippen molar-refractivity contribution in [2.45, 2.75) is 6.92 Å². The maximum atomic E-state index is 8.92. The molecule has 0 unspecified atom stereocenters. The van der Waals surface area contributed by atoms with E-state index in [0.29, 0.717) is 24.5 Å². The van der Waals surface area contributed by atoms with E-state index in [2.05, 4.69) is 6.07 Å². The number of aryl methyl sites for hydroxylation is 1. The summed E-state index contributed by atoms with van der Waals surface area (Å²) in [5.74, 6) is 1.42. The van der Waals surface area contributed by atoms with Gasteiger partial charge in [0.2, 0.25) is 0 Å². The SMILES string of the molecule is Cc1ccc(OCCOc2ccccc2C#N)cc1. The van der Waals surface area contributed by atoms with Gasteiger partial charge in [-0.15, -0.1) is 0 Å². The molecule has 3 heteroatoms. The standard InChI is InChI=1S/C16H15NO2/c1-13-6-8-15(9-7-13)18-10-11-19-16-5-3-2-4-14(16)12-17/h2-9H,10-11H2,1H3. The van der Waals surface area contributed by atoms with Crippen LogP contribution in [0.5, 0.6) is 11.5 Å². The van der Waals surface area contributed by atoms with Gasteiger partial charge >= 0.3 is 0 Å². The van der Waals surface area contributed by atoms with E-state index in [0.717, 1.165) is 5.75 Å². The summed E-state index contributed by atoms with van der Waals surface area (Å²) in [4.78, 5) is 0. The Balaban J connectivity index is 1.81.